The van der Waals surface area contributed by atoms with Crippen molar-refractivity contribution >= 4 is 43.0 Å². The van der Waals surface area contributed by atoms with Gasteiger partial charge in [0, 0.05) is 16.8 Å². The summed E-state index contributed by atoms with van der Waals surface area (Å²) in [6, 6.07) is 24.9. The Labute approximate surface area is 222 Å². The number of rotatable bonds is 6. The Bertz CT molecular complexity index is 1770. The summed E-state index contributed by atoms with van der Waals surface area (Å²) in [6.45, 7) is 3.25. The van der Waals surface area contributed by atoms with Crippen molar-refractivity contribution in [3.05, 3.63) is 102 Å². The molecule has 8 nitrogen and oxygen atoms in total. The van der Waals surface area contributed by atoms with E-state index < -0.39 is 32.5 Å². The lowest BCUT2D eigenvalue weighted by molar-refractivity contribution is -0.114. The van der Waals surface area contributed by atoms with Gasteiger partial charge in [0.2, 0.25) is 5.91 Å². The number of hydrogen-bond acceptors (Lipinski definition) is 5. The molecular formula is C28H25N3O5S2. The minimum absolute atomic E-state index is 0.0283. The molecule has 0 aliphatic carbocycles. The van der Waals surface area contributed by atoms with Crippen LogP contribution in [0.25, 0.3) is 11.1 Å². The molecule has 0 aromatic heterocycles. The van der Waals surface area contributed by atoms with Gasteiger partial charge in [0.25, 0.3) is 20.0 Å². The minimum Gasteiger partial charge on any atom is -0.325 e. The number of anilines is 3. The quantitative estimate of drug-likeness (QED) is 0.356. The first-order chi connectivity index (χ1) is 18.1. The maximum Gasteiger partial charge on any atom is 0.265 e. The molecule has 4 aromatic rings. The van der Waals surface area contributed by atoms with E-state index in [1.54, 1.807) is 36.4 Å². The molecule has 1 heterocycles. The first-order valence-corrected chi connectivity index (χ1v) is 14.7. The SMILES string of the molecule is Cc1ccc(C)c(NS(=O)(=O)c2ccc(NC(=O)CN3c4ccccc4-c4ccccc4S3(=O)=O)cc2)c1. The van der Waals surface area contributed by atoms with Crippen LogP contribution in [0.2, 0.25) is 0 Å². The van der Waals surface area contributed by atoms with E-state index in [0.29, 0.717) is 22.6 Å². The van der Waals surface area contributed by atoms with Gasteiger partial charge in [-0.25, -0.2) is 16.8 Å². The highest BCUT2D eigenvalue weighted by atomic mass is 32.2. The molecule has 194 valence electrons. The lowest BCUT2D eigenvalue weighted by Crippen LogP contribution is -2.40. The van der Waals surface area contributed by atoms with Crippen molar-refractivity contribution in [1.29, 1.82) is 0 Å². The van der Waals surface area contributed by atoms with Crippen LogP contribution in [0.3, 0.4) is 0 Å². The van der Waals surface area contributed by atoms with Crippen molar-refractivity contribution < 1.29 is 21.6 Å². The zero-order valence-corrected chi connectivity index (χ0v) is 22.3. The first kappa shape index (κ1) is 25.5. The average molecular weight is 548 g/mol. The maximum atomic E-state index is 13.4. The molecule has 0 atom stereocenters. The third-order valence-electron chi connectivity index (χ3n) is 6.29. The number of amides is 1. The average Bonchev–Trinajstić information content (AvgIpc) is 2.89. The Morgan fingerprint density at radius 1 is 0.842 bits per heavy atom. The Kier molecular flexibility index (Phi) is 6.46. The smallest absolute Gasteiger partial charge is 0.265 e. The number of carbonyl (C=O) groups excluding carboxylic acids is 1. The number of aryl methyl sites for hydroxylation is 2. The summed E-state index contributed by atoms with van der Waals surface area (Å²) in [4.78, 5) is 13.1. The topological polar surface area (TPSA) is 113 Å². The molecule has 1 aliphatic heterocycles. The fourth-order valence-electron chi connectivity index (χ4n) is 4.35. The van der Waals surface area contributed by atoms with Gasteiger partial charge in [0.1, 0.15) is 6.54 Å². The number of nitrogens with zero attached hydrogens (tertiary/aromatic N) is 1. The van der Waals surface area contributed by atoms with E-state index in [1.165, 1.54) is 30.3 Å². The molecule has 5 rings (SSSR count). The molecule has 1 amide bonds. The number of nitrogens with one attached hydrogen (secondary N) is 2. The summed E-state index contributed by atoms with van der Waals surface area (Å²) in [7, 11) is -7.81. The lowest BCUT2D eigenvalue weighted by Gasteiger charge is -2.31. The minimum atomic E-state index is -3.96. The highest BCUT2D eigenvalue weighted by Crippen LogP contribution is 2.42. The molecule has 10 heteroatoms. The van der Waals surface area contributed by atoms with Crippen LogP contribution < -0.4 is 14.3 Å². The third-order valence-corrected chi connectivity index (χ3v) is 9.49. The summed E-state index contributed by atoms with van der Waals surface area (Å²) < 4.78 is 56.2. The summed E-state index contributed by atoms with van der Waals surface area (Å²) in [5, 5.41) is 2.67. The maximum absolute atomic E-state index is 13.4. The number of fused-ring (bicyclic) bond motifs is 3. The Balaban J connectivity index is 1.34. The molecule has 0 saturated carbocycles. The second-order valence-electron chi connectivity index (χ2n) is 9.02. The Morgan fingerprint density at radius 3 is 2.24 bits per heavy atom. The molecule has 4 aromatic carbocycles. The van der Waals surface area contributed by atoms with Gasteiger partial charge in [0.05, 0.1) is 21.2 Å². The van der Waals surface area contributed by atoms with Crippen molar-refractivity contribution in [2.24, 2.45) is 0 Å². The molecular weight excluding hydrogens is 522 g/mol. The standard InChI is InChI=1S/C28H25N3O5S2/c1-19-11-12-20(2)25(17-19)30-37(33,34)22-15-13-21(14-16-22)29-28(32)18-31-26-9-5-3-7-23(26)24-8-4-6-10-27(24)38(31,35)36/h3-17,30H,18H2,1-2H3,(H,29,32). The highest BCUT2D eigenvalue weighted by Gasteiger charge is 2.35. The van der Waals surface area contributed by atoms with Crippen LogP contribution >= 0.6 is 0 Å². The van der Waals surface area contributed by atoms with E-state index in [0.717, 1.165) is 21.0 Å². The molecule has 38 heavy (non-hydrogen) atoms. The highest BCUT2D eigenvalue weighted by molar-refractivity contribution is 7.93. The number of benzene rings is 4. The molecule has 0 radical (unpaired) electrons. The van der Waals surface area contributed by atoms with Gasteiger partial charge in [-0.05, 0) is 67.4 Å². The van der Waals surface area contributed by atoms with Gasteiger partial charge >= 0.3 is 0 Å². The second-order valence-corrected chi connectivity index (χ2v) is 12.5. The largest absolute Gasteiger partial charge is 0.325 e. The van der Waals surface area contributed by atoms with E-state index in [4.69, 9.17) is 0 Å². The van der Waals surface area contributed by atoms with Gasteiger partial charge < -0.3 is 5.32 Å². The van der Waals surface area contributed by atoms with Crippen LogP contribution in [-0.2, 0) is 24.8 Å². The first-order valence-electron chi connectivity index (χ1n) is 11.8. The normalized spacial score (nSPS) is 13.8. The fraction of sp³-hybridized carbons (Fsp3) is 0.107. The Hall–Kier alpha value is -4.15. The van der Waals surface area contributed by atoms with Gasteiger partial charge in [0.15, 0.2) is 0 Å². The molecule has 0 fully saturated rings. The molecule has 1 aliphatic rings. The number of hydrogen-bond donors (Lipinski definition) is 2. The Morgan fingerprint density at radius 2 is 1.50 bits per heavy atom. The third kappa shape index (κ3) is 4.75. The summed E-state index contributed by atoms with van der Waals surface area (Å²) in [6.07, 6.45) is 0. The van der Waals surface area contributed by atoms with Gasteiger partial charge in [-0.1, -0.05) is 48.5 Å². The van der Waals surface area contributed by atoms with Crippen LogP contribution in [-0.4, -0.2) is 29.3 Å². The second kappa shape index (κ2) is 9.62. The van der Waals surface area contributed by atoms with E-state index in [-0.39, 0.29) is 9.79 Å². The monoisotopic (exact) mass is 547 g/mol. The molecule has 0 unspecified atom stereocenters. The van der Waals surface area contributed by atoms with Crippen molar-refractivity contribution in [2.45, 2.75) is 23.6 Å². The van der Waals surface area contributed by atoms with Crippen molar-refractivity contribution in [2.75, 3.05) is 20.9 Å². The van der Waals surface area contributed by atoms with E-state index in [9.17, 15) is 21.6 Å². The fourth-order valence-corrected chi connectivity index (χ4v) is 7.12. The summed E-state index contributed by atoms with van der Waals surface area (Å²) in [5.41, 5.74) is 4.27. The van der Waals surface area contributed by atoms with E-state index in [1.807, 2.05) is 38.1 Å². The van der Waals surface area contributed by atoms with Gasteiger partial charge in [-0.2, -0.15) is 0 Å². The molecule has 2 N–H and O–H groups in total. The van der Waals surface area contributed by atoms with Gasteiger partial charge in [-0.15, -0.1) is 0 Å². The summed E-state index contributed by atoms with van der Waals surface area (Å²) in [5.74, 6) is -0.563. The van der Waals surface area contributed by atoms with Crippen molar-refractivity contribution in [1.82, 2.24) is 0 Å². The molecule has 0 spiro atoms. The number of sulfonamides is 2. The van der Waals surface area contributed by atoms with Crippen LogP contribution in [0.15, 0.2) is 101 Å². The predicted octanol–water partition coefficient (Wildman–Crippen LogP) is 4.92. The predicted molar refractivity (Wildman–Crippen MR) is 148 cm³/mol. The lowest BCUT2D eigenvalue weighted by atomic mass is 10.0. The molecule has 0 saturated heterocycles. The van der Waals surface area contributed by atoms with E-state index >= 15 is 0 Å². The number of carbonyl (C=O) groups is 1. The van der Waals surface area contributed by atoms with E-state index in [2.05, 4.69) is 10.0 Å². The summed E-state index contributed by atoms with van der Waals surface area (Å²) >= 11 is 0. The van der Waals surface area contributed by atoms with Crippen LogP contribution in [0.5, 0.6) is 0 Å². The van der Waals surface area contributed by atoms with Crippen LogP contribution in [0.1, 0.15) is 11.1 Å². The molecule has 0 bridgehead atoms. The van der Waals surface area contributed by atoms with Crippen molar-refractivity contribution in [3.8, 4) is 11.1 Å². The zero-order valence-electron chi connectivity index (χ0n) is 20.7. The zero-order chi connectivity index (χ0) is 27.1. The van der Waals surface area contributed by atoms with Crippen LogP contribution in [0.4, 0.5) is 17.1 Å². The number of para-hydroxylation sites is 1. The van der Waals surface area contributed by atoms with Crippen LogP contribution in [0, 0.1) is 13.8 Å². The van der Waals surface area contributed by atoms with Gasteiger partial charge in [-0.3, -0.25) is 13.8 Å². The van der Waals surface area contributed by atoms with Crippen molar-refractivity contribution in [3.63, 3.8) is 0 Å².